The van der Waals surface area contributed by atoms with Crippen molar-refractivity contribution in [3.8, 4) is 0 Å². The number of benzene rings is 1. The van der Waals surface area contributed by atoms with E-state index in [1.165, 1.54) is 0 Å². The number of nitrogens with zero attached hydrogens (tertiary/aromatic N) is 3. The van der Waals surface area contributed by atoms with E-state index in [9.17, 15) is 4.79 Å². The standard InChI is InChI=1S/C21H31BrN4O/c1-6-8-19(25-11-14(4)23-15(5)12-25)20-24-18-9-13(3)17(22)10-16(18)21(27)26(20)7-2/h9-10,14-15,19,23H,6-8,11-12H2,1-5H3/t14-,15+,19?. The maximum absolute atomic E-state index is 13.2. The van der Waals surface area contributed by atoms with E-state index in [2.05, 4.69) is 46.9 Å². The van der Waals surface area contributed by atoms with Gasteiger partial charge >= 0.3 is 0 Å². The van der Waals surface area contributed by atoms with Crippen LogP contribution in [0.15, 0.2) is 21.4 Å². The molecule has 0 amide bonds. The van der Waals surface area contributed by atoms with Crippen molar-refractivity contribution in [3.05, 3.63) is 38.3 Å². The number of piperazine rings is 1. The zero-order valence-electron chi connectivity index (χ0n) is 17.1. The molecule has 1 aliphatic rings. The lowest BCUT2D eigenvalue weighted by Gasteiger charge is -2.41. The highest BCUT2D eigenvalue weighted by Gasteiger charge is 2.30. The van der Waals surface area contributed by atoms with Gasteiger partial charge < -0.3 is 5.32 Å². The number of hydrogen-bond acceptors (Lipinski definition) is 4. The molecule has 5 nitrogen and oxygen atoms in total. The smallest absolute Gasteiger partial charge is 0.261 e. The first kappa shape index (κ1) is 20.5. The molecule has 0 spiro atoms. The van der Waals surface area contributed by atoms with Crippen LogP contribution in [0.1, 0.15) is 58.0 Å². The largest absolute Gasteiger partial charge is 0.309 e. The summed E-state index contributed by atoms with van der Waals surface area (Å²) in [5, 5.41) is 4.30. The van der Waals surface area contributed by atoms with Crippen LogP contribution in [0.2, 0.25) is 0 Å². The molecule has 1 unspecified atom stereocenters. The van der Waals surface area contributed by atoms with Gasteiger partial charge in [0, 0.05) is 36.2 Å². The number of aromatic nitrogens is 2. The number of aryl methyl sites for hydroxylation is 1. The quantitative estimate of drug-likeness (QED) is 0.771. The third kappa shape index (κ3) is 4.13. The topological polar surface area (TPSA) is 50.2 Å². The summed E-state index contributed by atoms with van der Waals surface area (Å²) in [5.74, 6) is 0.917. The minimum atomic E-state index is 0.0653. The molecule has 2 aromatic rings. The molecule has 0 saturated carbocycles. The predicted octanol–water partition coefficient (Wildman–Crippen LogP) is 4.01. The van der Waals surface area contributed by atoms with Crippen LogP contribution in [0, 0.1) is 6.92 Å². The molecule has 148 valence electrons. The molecule has 1 saturated heterocycles. The number of halogens is 1. The molecular weight excluding hydrogens is 404 g/mol. The van der Waals surface area contributed by atoms with Gasteiger partial charge in [-0.2, -0.15) is 0 Å². The summed E-state index contributed by atoms with van der Waals surface area (Å²) < 4.78 is 2.83. The fourth-order valence-corrected chi connectivity index (χ4v) is 4.64. The highest BCUT2D eigenvalue weighted by Crippen LogP contribution is 2.28. The van der Waals surface area contributed by atoms with E-state index in [0.717, 1.165) is 47.3 Å². The lowest BCUT2D eigenvalue weighted by molar-refractivity contribution is 0.109. The lowest BCUT2D eigenvalue weighted by atomic mass is 10.0. The second-order valence-electron chi connectivity index (χ2n) is 7.87. The van der Waals surface area contributed by atoms with E-state index < -0.39 is 0 Å². The van der Waals surface area contributed by atoms with Crippen molar-refractivity contribution in [3.63, 3.8) is 0 Å². The van der Waals surface area contributed by atoms with Crippen molar-refractivity contribution in [2.24, 2.45) is 0 Å². The third-order valence-corrected chi connectivity index (χ3v) is 6.32. The molecule has 1 fully saturated rings. The Bertz CT molecular complexity index is 869. The van der Waals surface area contributed by atoms with Crippen molar-refractivity contribution >= 4 is 26.8 Å². The third-order valence-electron chi connectivity index (χ3n) is 5.47. The van der Waals surface area contributed by atoms with Gasteiger partial charge in [-0.1, -0.05) is 29.3 Å². The zero-order chi connectivity index (χ0) is 19.7. The minimum Gasteiger partial charge on any atom is -0.309 e. The molecule has 2 heterocycles. The van der Waals surface area contributed by atoms with E-state index in [0.29, 0.717) is 24.0 Å². The summed E-state index contributed by atoms with van der Waals surface area (Å²) in [7, 11) is 0. The molecule has 27 heavy (non-hydrogen) atoms. The number of nitrogens with one attached hydrogen (secondary N) is 1. The first-order chi connectivity index (χ1) is 12.8. The highest BCUT2D eigenvalue weighted by molar-refractivity contribution is 9.10. The van der Waals surface area contributed by atoms with E-state index in [1.807, 2.05) is 30.5 Å². The van der Waals surface area contributed by atoms with Gasteiger partial charge in [0.1, 0.15) is 5.82 Å². The lowest BCUT2D eigenvalue weighted by Crippen LogP contribution is -2.55. The Morgan fingerprint density at radius 2 is 1.93 bits per heavy atom. The zero-order valence-corrected chi connectivity index (χ0v) is 18.6. The fraction of sp³-hybridized carbons (Fsp3) is 0.619. The van der Waals surface area contributed by atoms with Crippen LogP contribution in [0.5, 0.6) is 0 Å². The first-order valence-corrected chi connectivity index (χ1v) is 10.9. The number of fused-ring (bicyclic) bond motifs is 1. The number of rotatable bonds is 5. The molecule has 1 aromatic heterocycles. The van der Waals surface area contributed by atoms with Crippen LogP contribution in [0.3, 0.4) is 0 Å². The Hall–Kier alpha value is -1.24. The summed E-state index contributed by atoms with van der Waals surface area (Å²) in [4.78, 5) is 20.8. The summed E-state index contributed by atoms with van der Waals surface area (Å²) >= 11 is 3.55. The highest BCUT2D eigenvalue weighted by atomic mass is 79.9. The van der Waals surface area contributed by atoms with Gasteiger partial charge in [-0.05, 0) is 51.8 Å². The van der Waals surface area contributed by atoms with Gasteiger partial charge in [0.05, 0.1) is 16.9 Å². The monoisotopic (exact) mass is 434 g/mol. The molecule has 0 bridgehead atoms. The van der Waals surface area contributed by atoms with Gasteiger partial charge in [-0.3, -0.25) is 14.3 Å². The normalized spacial score (nSPS) is 22.3. The van der Waals surface area contributed by atoms with Gasteiger partial charge in [0.2, 0.25) is 0 Å². The van der Waals surface area contributed by atoms with E-state index >= 15 is 0 Å². The van der Waals surface area contributed by atoms with Crippen molar-refractivity contribution in [2.45, 2.75) is 72.1 Å². The van der Waals surface area contributed by atoms with Crippen molar-refractivity contribution in [1.29, 1.82) is 0 Å². The maximum Gasteiger partial charge on any atom is 0.261 e. The van der Waals surface area contributed by atoms with Gasteiger partial charge in [-0.25, -0.2) is 4.98 Å². The average Bonchev–Trinajstić information content (AvgIpc) is 2.60. The van der Waals surface area contributed by atoms with Crippen molar-refractivity contribution < 1.29 is 0 Å². The predicted molar refractivity (Wildman–Crippen MR) is 115 cm³/mol. The first-order valence-electron chi connectivity index (χ1n) is 10.1. The fourth-order valence-electron chi connectivity index (χ4n) is 4.30. The molecule has 6 heteroatoms. The maximum atomic E-state index is 13.2. The Morgan fingerprint density at radius 1 is 1.26 bits per heavy atom. The van der Waals surface area contributed by atoms with Crippen LogP contribution in [0.4, 0.5) is 0 Å². The minimum absolute atomic E-state index is 0.0653. The van der Waals surface area contributed by atoms with Gasteiger partial charge in [-0.15, -0.1) is 0 Å². The van der Waals surface area contributed by atoms with Crippen LogP contribution in [-0.4, -0.2) is 39.6 Å². The van der Waals surface area contributed by atoms with Crippen molar-refractivity contribution in [2.75, 3.05) is 13.1 Å². The van der Waals surface area contributed by atoms with Crippen molar-refractivity contribution in [1.82, 2.24) is 19.8 Å². The second-order valence-corrected chi connectivity index (χ2v) is 8.72. The molecule has 3 rings (SSSR count). The molecule has 1 N–H and O–H groups in total. The SMILES string of the molecule is CCCC(c1nc2cc(C)c(Br)cc2c(=O)n1CC)N1C[C@@H](C)N[C@@H](C)C1. The summed E-state index contributed by atoms with van der Waals surface area (Å²) in [6.45, 7) is 13.3. The molecular formula is C21H31BrN4O. The molecule has 0 radical (unpaired) electrons. The van der Waals surface area contributed by atoms with Crippen LogP contribution in [0.25, 0.3) is 10.9 Å². The summed E-state index contributed by atoms with van der Waals surface area (Å²) in [5.41, 5.74) is 1.97. The Balaban J connectivity index is 2.16. The Morgan fingerprint density at radius 3 is 2.52 bits per heavy atom. The summed E-state index contributed by atoms with van der Waals surface area (Å²) in [6.07, 6.45) is 2.07. The summed E-state index contributed by atoms with van der Waals surface area (Å²) in [6, 6.07) is 4.99. The van der Waals surface area contributed by atoms with E-state index in [4.69, 9.17) is 4.98 Å². The second kappa shape index (κ2) is 8.41. The van der Waals surface area contributed by atoms with Gasteiger partial charge in [0.25, 0.3) is 5.56 Å². The Labute approximate surface area is 170 Å². The van der Waals surface area contributed by atoms with Gasteiger partial charge in [0.15, 0.2) is 0 Å². The van der Waals surface area contributed by atoms with Crippen LogP contribution >= 0.6 is 15.9 Å². The molecule has 1 aliphatic heterocycles. The van der Waals surface area contributed by atoms with E-state index in [-0.39, 0.29) is 11.6 Å². The molecule has 0 aliphatic carbocycles. The molecule has 1 aromatic carbocycles. The number of hydrogen-bond donors (Lipinski definition) is 1. The molecule has 3 atom stereocenters. The van der Waals surface area contributed by atoms with E-state index in [1.54, 1.807) is 0 Å². The Kier molecular flexibility index (Phi) is 6.39. The van der Waals surface area contributed by atoms with Crippen LogP contribution < -0.4 is 10.9 Å². The average molecular weight is 435 g/mol. The van der Waals surface area contributed by atoms with Crippen LogP contribution in [-0.2, 0) is 6.54 Å².